The summed E-state index contributed by atoms with van der Waals surface area (Å²) in [5.41, 5.74) is 1.72. The van der Waals surface area contributed by atoms with Crippen LogP contribution in [0.15, 0.2) is 28.7 Å². The molecule has 2 aromatic rings. The molecule has 1 heterocycles. The molecule has 0 unspecified atom stereocenters. The van der Waals surface area contributed by atoms with Crippen molar-refractivity contribution in [2.24, 2.45) is 5.92 Å². The molecule has 16 heavy (non-hydrogen) atoms. The van der Waals surface area contributed by atoms with Crippen molar-refractivity contribution in [1.82, 2.24) is 4.98 Å². The zero-order chi connectivity index (χ0) is 11.0. The van der Waals surface area contributed by atoms with E-state index in [0.717, 1.165) is 30.5 Å². The molecular formula is C12H13ClN2O. The Kier molecular flexibility index (Phi) is 2.48. The summed E-state index contributed by atoms with van der Waals surface area (Å²) in [6, 6.07) is 8.38. The van der Waals surface area contributed by atoms with E-state index in [1.807, 2.05) is 24.3 Å². The molecule has 0 saturated heterocycles. The molecule has 0 atom stereocenters. The lowest BCUT2D eigenvalue weighted by Crippen LogP contribution is -2.29. The molecule has 84 valence electrons. The number of hydrogen-bond acceptors (Lipinski definition) is 3. The third-order valence-corrected chi connectivity index (χ3v) is 3.37. The number of oxazole rings is 1. The van der Waals surface area contributed by atoms with Crippen LogP contribution >= 0.6 is 11.6 Å². The Morgan fingerprint density at radius 1 is 1.38 bits per heavy atom. The molecule has 1 aromatic heterocycles. The van der Waals surface area contributed by atoms with Gasteiger partial charge in [0.15, 0.2) is 5.58 Å². The van der Waals surface area contributed by atoms with Gasteiger partial charge < -0.3 is 9.73 Å². The predicted octanol–water partition coefficient (Wildman–Crippen LogP) is 3.26. The molecule has 1 saturated carbocycles. The third kappa shape index (κ3) is 1.87. The van der Waals surface area contributed by atoms with Crippen LogP contribution < -0.4 is 5.32 Å². The number of benzene rings is 1. The second kappa shape index (κ2) is 3.98. The maximum atomic E-state index is 5.92. The Bertz CT molecular complexity index is 457. The molecule has 0 aliphatic heterocycles. The normalized spacial score (nSPS) is 24.3. The fourth-order valence-electron chi connectivity index (χ4n) is 2.00. The molecule has 1 aliphatic carbocycles. The SMILES string of the molecule is ClC1CC(CNc2nc3ccccc3o2)C1. The lowest BCUT2D eigenvalue weighted by atomic mass is 9.85. The van der Waals surface area contributed by atoms with Gasteiger partial charge in [0.1, 0.15) is 5.52 Å². The first-order valence-electron chi connectivity index (χ1n) is 5.55. The highest BCUT2D eigenvalue weighted by atomic mass is 35.5. The molecule has 1 N–H and O–H groups in total. The van der Waals surface area contributed by atoms with E-state index in [1.165, 1.54) is 0 Å². The van der Waals surface area contributed by atoms with Crippen molar-refractivity contribution in [2.75, 3.05) is 11.9 Å². The van der Waals surface area contributed by atoms with Gasteiger partial charge in [-0.25, -0.2) is 0 Å². The van der Waals surface area contributed by atoms with Crippen molar-refractivity contribution in [1.29, 1.82) is 0 Å². The molecule has 1 aromatic carbocycles. The highest BCUT2D eigenvalue weighted by Gasteiger charge is 2.27. The quantitative estimate of drug-likeness (QED) is 0.832. The average molecular weight is 237 g/mol. The Hall–Kier alpha value is -1.22. The molecule has 0 bridgehead atoms. The van der Waals surface area contributed by atoms with Gasteiger partial charge in [-0.05, 0) is 30.9 Å². The maximum absolute atomic E-state index is 5.92. The average Bonchev–Trinajstić information content (AvgIpc) is 2.65. The van der Waals surface area contributed by atoms with Gasteiger partial charge in [0.25, 0.3) is 6.01 Å². The number of alkyl halides is 1. The summed E-state index contributed by atoms with van der Waals surface area (Å²) in [5.74, 6) is 0.664. The number of halogens is 1. The number of aromatic nitrogens is 1. The Morgan fingerprint density at radius 3 is 2.94 bits per heavy atom. The fraction of sp³-hybridized carbons (Fsp3) is 0.417. The van der Waals surface area contributed by atoms with Crippen molar-refractivity contribution in [3.05, 3.63) is 24.3 Å². The fourth-order valence-corrected chi connectivity index (χ4v) is 2.50. The molecule has 0 amide bonds. The summed E-state index contributed by atoms with van der Waals surface area (Å²) >= 11 is 5.92. The van der Waals surface area contributed by atoms with Crippen molar-refractivity contribution in [3.8, 4) is 0 Å². The van der Waals surface area contributed by atoms with Crippen LogP contribution in [0.2, 0.25) is 0 Å². The van der Waals surface area contributed by atoms with Crippen molar-refractivity contribution < 1.29 is 4.42 Å². The first-order valence-corrected chi connectivity index (χ1v) is 5.98. The van der Waals surface area contributed by atoms with E-state index in [9.17, 15) is 0 Å². The van der Waals surface area contributed by atoms with E-state index in [-0.39, 0.29) is 0 Å². The van der Waals surface area contributed by atoms with E-state index in [4.69, 9.17) is 16.0 Å². The van der Waals surface area contributed by atoms with Crippen LogP contribution in [0, 0.1) is 5.92 Å². The number of hydrogen-bond donors (Lipinski definition) is 1. The number of fused-ring (bicyclic) bond motifs is 1. The number of anilines is 1. The molecule has 3 rings (SSSR count). The van der Waals surface area contributed by atoms with Crippen LogP contribution in [-0.4, -0.2) is 16.9 Å². The van der Waals surface area contributed by atoms with E-state index in [1.54, 1.807) is 0 Å². The van der Waals surface area contributed by atoms with Crippen LogP contribution in [0.4, 0.5) is 6.01 Å². The summed E-state index contributed by atoms with van der Waals surface area (Å²) in [5, 5.41) is 3.59. The zero-order valence-electron chi connectivity index (χ0n) is 8.82. The first-order chi connectivity index (χ1) is 7.81. The van der Waals surface area contributed by atoms with Crippen LogP contribution in [0.3, 0.4) is 0 Å². The van der Waals surface area contributed by atoms with Crippen LogP contribution in [0.25, 0.3) is 11.1 Å². The number of nitrogens with zero attached hydrogens (tertiary/aromatic N) is 1. The molecule has 0 spiro atoms. The molecule has 1 fully saturated rings. The molecule has 1 aliphatic rings. The maximum Gasteiger partial charge on any atom is 0.295 e. The highest BCUT2D eigenvalue weighted by molar-refractivity contribution is 6.21. The zero-order valence-corrected chi connectivity index (χ0v) is 9.57. The minimum Gasteiger partial charge on any atom is -0.424 e. The summed E-state index contributed by atoms with van der Waals surface area (Å²) in [4.78, 5) is 4.35. The van der Waals surface area contributed by atoms with Gasteiger partial charge in [-0.15, -0.1) is 11.6 Å². The van der Waals surface area contributed by atoms with Crippen LogP contribution in [-0.2, 0) is 0 Å². The van der Waals surface area contributed by atoms with E-state index < -0.39 is 0 Å². The summed E-state index contributed by atoms with van der Waals surface area (Å²) in [6.07, 6.45) is 2.18. The lowest BCUT2D eigenvalue weighted by molar-refractivity contribution is 0.339. The second-order valence-electron chi connectivity index (χ2n) is 4.30. The largest absolute Gasteiger partial charge is 0.424 e. The Labute approximate surface area is 98.8 Å². The van der Waals surface area contributed by atoms with E-state index in [0.29, 0.717) is 17.3 Å². The van der Waals surface area contributed by atoms with Crippen molar-refractivity contribution >= 4 is 28.7 Å². The number of rotatable bonds is 3. The molecule has 4 heteroatoms. The summed E-state index contributed by atoms with van der Waals surface area (Å²) in [6.45, 7) is 0.899. The van der Waals surface area contributed by atoms with Gasteiger partial charge in [0, 0.05) is 11.9 Å². The molecular weight excluding hydrogens is 224 g/mol. The van der Waals surface area contributed by atoms with Crippen LogP contribution in [0.5, 0.6) is 0 Å². The lowest BCUT2D eigenvalue weighted by Gasteiger charge is -2.30. The Balaban J connectivity index is 1.65. The minimum atomic E-state index is 0.371. The van der Waals surface area contributed by atoms with Gasteiger partial charge in [-0.3, -0.25) is 0 Å². The van der Waals surface area contributed by atoms with Gasteiger partial charge in [-0.2, -0.15) is 4.98 Å². The first kappa shape index (κ1) is 9.97. The standard InChI is InChI=1S/C12H13ClN2O/c13-9-5-8(6-9)7-14-12-15-10-3-1-2-4-11(10)16-12/h1-4,8-9H,5-7H2,(H,14,15). The minimum absolute atomic E-state index is 0.371. The number of nitrogens with one attached hydrogen (secondary N) is 1. The molecule has 0 radical (unpaired) electrons. The monoisotopic (exact) mass is 236 g/mol. The topological polar surface area (TPSA) is 38.1 Å². The molecule has 3 nitrogen and oxygen atoms in total. The predicted molar refractivity (Wildman–Crippen MR) is 64.9 cm³/mol. The van der Waals surface area contributed by atoms with Gasteiger partial charge in [0.05, 0.1) is 0 Å². The van der Waals surface area contributed by atoms with Crippen molar-refractivity contribution in [3.63, 3.8) is 0 Å². The van der Waals surface area contributed by atoms with Crippen LogP contribution in [0.1, 0.15) is 12.8 Å². The smallest absolute Gasteiger partial charge is 0.295 e. The van der Waals surface area contributed by atoms with E-state index in [2.05, 4.69) is 10.3 Å². The third-order valence-electron chi connectivity index (χ3n) is 3.01. The number of para-hydroxylation sites is 2. The van der Waals surface area contributed by atoms with Gasteiger partial charge in [0.2, 0.25) is 0 Å². The highest BCUT2D eigenvalue weighted by Crippen LogP contribution is 2.32. The summed E-state index contributed by atoms with van der Waals surface area (Å²) in [7, 11) is 0. The van der Waals surface area contributed by atoms with Gasteiger partial charge in [-0.1, -0.05) is 12.1 Å². The Morgan fingerprint density at radius 2 is 2.19 bits per heavy atom. The van der Waals surface area contributed by atoms with Gasteiger partial charge >= 0.3 is 0 Å². The second-order valence-corrected chi connectivity index (χ2v) is 4.92. The van der Waals surface area contributed by atoms with E-state index >= 15 is 0 Å². The summed E-state index contributed by atoms with van der Waals surface area (Å²) < 4.78 is 5.56. The van der Waals surface area contributed by atoms with Crippen molar-refractivity contribution in [2.45, 2.75) is 18.2 Å².